The fraction of sp³-hybridized carbons (Fsp3) is 0.444. The zero-order valence-corrected chi connectivity index (χ0v) is 20.7. The van der Waals surface area contributed by atoms with Crippen molar-refractivity contribution in [2.75, 3.05) is 13.6 Å². The molecule has 1 spiro atoms. The van der Waals surface area contributed by atoms with Crippen molar-refractivity contribution in [2.24, 2.45) is 0 Å². The smallest absolute Gasteiger partial charge is 0.273 e. The molecule has 1 aromatic heterocycles. The summed E-state index contributed by atoms with van der Waals surface area (Å²) < 4.78 is 1.74. The normalized spacial score (nSPS) is 25.5. The zero-order chi connectivity index (χ0) is 24.3. The second-order valence-corrected chi connectivity index (χ2v) is 11.0. The molecule has 1 aliphatic heterocycles. The molecular weight excluding hydrogens is 462 g/mol. The van der Waals surface area contributed by atoms with Gasteiger partial charge < -0.3 is 15.3 Å². The number of likely N-dealkylation sites (N-methyl/N-ethyl adjacent to an activating group) is 1. The van der Waals surface area contributed by atoms with Crippen LogP contribution in [0.4, 0.5) is 0 Å². The average Bonchev–Trinajstić information content (AvgIpc) is 3.41. The molecule has 2 fully saturated rings. The lowest BCUT2D eigenvalue weighted by Gasteiger charge is -2.41. The van der Waals surface area contributed by atoms with Crippen molar-refractivity contribution in [1.82, 2.24) is 25.2 Å². The maximum absolute atomic E-state index is 12.8. The Morgan fingerprint density at radius 1 is 1.26 bits per heavy atom. The minimum atomic E-state index is -0.658. The molecule has 6 rings (SSSR count). The average molecular weight is 492 g/mol. The minimum absolute atomic E-state index is 0.0347. The number of amides is 1. The summed E-state index contributed by atoms with van der Waals surface area (Å²) in [6.07, 6.45) is 4.23. The Kier molecular flexibility index (Phi) is 5.47. The number of nitrogens with one attached hydrogen (secondary N) is 1. The molecule has 3 aliphatic rings. The Bertz CT molecular complexity index is 1290. The van der Waals surface area contributed by atoms with Crippen LogP contribution >= 0.6 is 11.6 Å². The van der Waals surface area contributed by atoms with E-state index in [0.29, 0.717) is 16.9 Å². The van der Waals surface area contributed by atoms with Crippen molar-refractivity contribution in [3.05, 3.63) is 81.6 Å². The third-order valence-corrected chi connectivity index (χ3v) is 8.35. The molecule has 7 nitrogen and oxygen atoms in total. The first-order valence-corrected chi connectivity index (χ1v) is 12.7. The summed E-state index contributed by atoms with van der Waals surface area (Å²) in [5.74, 6) is -0.354. The van der Waals surface area contributed by atoms with Gasteiger partial charge in [-0.2, -0.15) is 0 Å². The van der Waals surface area contributed by atoms with Crippen molar-refractivity contribution >= 4 is 17.5 Å². The van der Waals surface area contributed by atoms with Crippen LogP contribution < -0.4 is 5.32 Å². The number of benzene rings is 2. The molecule has 2 aromatic carbocycles. The van der Waals surface area contributed by atoms with E-state index in [-0.39, 0.29) is 29.6 Å². The lowest BCUT2D eigenvalue weighted by molar-refractivity contribution is 0.0224. The predicted octanol–water partition coefficient (Wildman–Crippen LogP) is 3.66. The molecule has 0 unspecified atom stereocenters. The number of rotatable bonds is 5. The van der Waals surface area contributed by atoms with Crippen LogP contribution in [0.1, 0.15) is 70.9 Å². The van der Waals surface area contributed by atoms with E-state index >= 15 is 0 Å². The number of fused-ring (bicyclic) bond motifs is 2. The zero-order valence-electron chi connectivity index (χ0n) is 20.0. The van der Waals surface area contributed by atoms with Crippen LogP contribution in [0.5, 0.6) is 0 Å². The Morgan fingerprint density at radius 3 is 2.83 bits per heavy atom. The molecule has 2 aliphatic carbocycles. The topological polar surface area (TPSA) is 83.3 Å². The number of aliphatic hydroxyl groups excluding tert-OH is 1. The van der Waals surface area contributed by atoms with Gasteiger partial charge in [0.05, 0.1) is 24.4 Å². The molecule has 35 heavy (non-hydrogen) atoms. The van der Waals surface area contributed by atoms with E-state index in [9.17, 15) is 9.90 Å². The highest BCUT2D eigenvalue weighted by atomic mass is 35.5. The Hall–Kier alpha value is -2.74. The second kappa shape index (κ2) is 8.43. The maximum atomic E-state index is 12.8. The third-order valence-electron chi connectivity index (χ3n) is 8.11. The van der Waals surface area contributed by atoms with Gasteiger partial charge in [0, 0.05) is 29.4 Å². The van der Waals surface area contributed by atoms with E-state index in [1.807, 2.05) is 24.3 Å². The van der Waals surface area contributed by atoms with E-state index < -0.39 is 6.10 Å². The Balaban J connectivity index is 1.12. The molecule has 0 radical (unpaired) electrons. The van der Waals surface area contributed by atoms with Crippen LogP contribution in [0.2, 0.25) is 5.02 Å². The first kappa shape index (κ1) is 22.7. The first-order valence-electron chi connectivity index (χ1n) is 12.3. The van der Waals surface area contributed by atoms with Crippen molar-refractivity contribution in [2.45, 2.75) is 62.3 Å². The number of aromatic nitrogens is 3. The highest BCUT2D eigenvalue weighted by molar-refractivity contribution is 6.30. The SMILES string of the molecule is C[C@@H](c1ccc2c(c1)CN(C)CC21CC1)n1cc(C(=O)N[C@H]2C[C@@H](c3cccc(Cl)c3)[C@@H]2O)nn1. The number of hydrogen-bond donors (Lipinski definition) is 2. The summed E-state index contributed by atoms with van der Waals surface area (Å²) in [6, 6.07) is 13.9. The molecule has 3 aromatic rings. The molecule has 2 N–H and O–H groups in total. The van der Waals surface area contributed by atoms with Crippen LogP contribution in [0.15, 0.2) is 48.7 Å². The van der Waals surface area contributed by atoms with E-state index in [4.69, 9.17) is 11.6 Å². The van der Waals surface area contributed by atoms with E-state index in [1.165, 1.54) is 24.0 Å². The van der Waals surface area contributed by atoms with Crippen molar-refractivity contribution in [3.8, 4) is 0 Å². The fourth-order valence-electron chi connectivity index (χ4n) is 5.87. The summed E-state index contributed by atoms with van der Waals surface area (Å²) >= 11 is 6.08. The molecule has 2 saturated carbocycles. The van der Waals surface area contributed by atoms with Gasteiger partial charge in [-0.15, -0.1) is 5.10 Å². The van der Waals surface area contributed by atoms with E-state index in [2.05, 4.69) is 52.7 Å². The summed E-state index contributed by atoms with van der Waals surface area (Å²) in [5.41, 5.74) is 5.65. The molecule has 2 heterocycles. The number of carbonyl (C=O) groups is 1. The largest absolute Gasteiger partial charge is 0.390 e. The van der Waals surface area contributed by atoms with Gasteiger partial charge in [-0.05, 0) is 67.6 Å². The highest BCUT2D eigenvalue weighted by Crippen LogP contribution is 2.52. The number of hydrogen-bond acceptors (Lipinski definition) is 5. The number of aliphatic hydroxyl groups is 1. The quantitative estimate of drug-likeness (QED) is 0.569. The van der Waals surface area contributed by atoms with Crippen LogP contribution in [0, 0.1) is 0 Å². The van der Waals surface area contributed by atoms with E-state index in [0.717, 1.165) is 24.2 Å². The Morgan fingerprint density at radius 2 is 2.09 bits per heavy atom. The molecular formula is C27H30ClN5O2. The lowest BCUT2D eigenvalue weighted by atomic mass is 9.73. The highest BCUT2D eigenvalue weighted by Gasteiger charge is 2.48. The number of halogens is 1. The standard InChI is InChI=1S/C27H30ClN5O2/c1-16(17-6-7-22-19(10-17)13-32(2)15-27(22)8-9-27)33-14-24(30-31-33)26(35)29-23-12-21(25(23)34)18-4-3-5-20(28)11-18/h3-7,10-11,14,16,21,23,25,34H,8-9,12-13,15H2,1-2H3,(H,29,35)/t16-,21-,23-,25-/m0/s1. The molecule has 0 saturated heterocycles. The molecule has 8 heteroatoms. The number of nitrogens with zero attached hydrogens (tertiary/aromatic N) is 4. The van der Waals surface area contributed by atoms with Crippen molar-refractivity contribution in [3.63, 3.8) is 0 Å². The van der Waals surface area contributed by atoms with Gasteiger partial charge in [0.25, 0.3) is 5.91 Å². The summed E-state index contributed by atoms with van der Waals surface area (Å²) in [7, 11) is 2.19. The molecule has 182 valence electrons. The monoisotopic (exact) mass is 491 g/mol. The van der Waals surface area contributed by atoms with Gasteiger partial charge in [-0.1, -0.05) is 47.1 Å². The van der Waals surface area contributed by atoms with Crippen LogP contribution in [0.25, 0.3) is 0 Å². The first-order chi connectivity index (χ1) is 16.8. The van der Waals surface area contributed by atoms with Gasteiger partial charge in [0.2, 0.25) is 0 Å². The Labute approximate surface area is 210 Å². The summed E-state index contributed by atoms with van der Waals surface area (Å²) in [6.45, 7) is 4.18. The second-order valence-electron chi connectivity index (χ2n) is 10.6. The molecule has 0 bridgehead atoms. The lowest BCUT2D eigenvalue weighted by Crippen LogP contribution is -2.55. The number of carbonyl (C=O) groups excluding carboxylic acids is 1. The van der Waals surface area contributed by atoms with Crippen LogP contribution in [-0.2, 0) is 12.0 Å². The van der Waals surface area contributed by atoms with Gasteiger partial charge in [-0.25, -0.2) is 4.68 Å². The fourth-order valence-corrected chi connectivity index (χ4v) is 6.06. The predicted molar refractivity (Wildman–Crippen MR) is 134 cm³/mol. The minimum Gasteiger partial charge on any atom is -0.390 e. The van der Waals surface area contributed by atoms with Crippen LogP contribution in [0.3, 0.4) is 0 Å². The van der Waals surface area contributed by atoms with Gasteiger partial charge in [0.15, 0.2) is 5.69 Å². The van der Waals surface area contributed by atoms with Gasteiger partial charge in [0.1, 0.15) is 0 Å². The molecule has 1 amide bonds. The third kappa shape index (κ3) is 4.05. The van der Waals surface area contributed by atoms with Gasteiger partial charge >= 0.3 is 0 Å². The molecule has 4 atom stereocenters. The summed E-state index contributed by atoms with van der Waals surface area (Å²) in [5, 5.41) is 22.5. The van der Waals surface area contributed by atoms with Crippen molar-refractivity contribution < 1.29 is 9.90 Å². The van der Waals surface area contributed by atoms with E-state index in [1.54, 1.807) is 10.9 Å². The van der Waals surface area contributed by atoms with Crippen LogP contribution in [-0.4, -0.2) is 56.6 Å². The van der Waals surface area contributed by atoms with Gasteiger partial charge in [-0.3, -0.25) is 4.79 Å². The van der Waals surface area contributed by atoms with Crippen molar-refractivity contribution in [1.29, 1.82) is 0 Å². The summed E-state index contributed by atoms with van der Waals surface area (Å²) in [4.78, 5) is 15.2. The maximum Gasteiger partial charge on any atom is 0.273 e.